The number of nitrogens with one attached hydrogen (secondary N) is 1. The van der Waals surface area contributed by atoms with Crippen LogP contribution in [0.5, 0.6) is 0 Å². The van der Waals surface area contributed by atoms with Crippen LogP contribution in [0, 0.1) is 12.8 Å². The van der Waals surface area contributed by atoms with Crippen molar-refractivity contribution in [2.75, 3.05) is 47.8 Å². The SMILES string of the molecule is Cc1cc(NCCC(C)C)nc(N2CCN(c3ccccn3)CC2)n1. The summed E-state index contributed by atoms with van der Waals surface area (Å²) in [5, 5.41) is 3.43. The molecule has 0 aliphatic carbocycles. The van der Waals surface area contributed by atoms with Gasteiger partial charge in [0, 0.05) is 50.7 Å². The van der Waals surface area contributed by atoms with Crippen LogP contribution in [0.4, 0.5) is 17.6 Å². The lowest BCUT2D eigenvalue weighted by Gasteiger charge is -2.35. The van der Waals surface area contributed by atoms with Gasteiger partial charge in [-0.15, -0.1) is 0 Å². The summed E-state index contributed by atoms with van der Waals surface area (Å²) in [6.07, 6.45) is 2.99. The predicted octanol–water partition coefficient (Wildman–Crippen LogP) is 2.96. The molecule has 0 spiro atoms. The number of hydrogen-bond donors (Lipinski definition) is 1. The van der Waals surface area contributed by atoms with Crippen molar-refractivity contribution in [3.05, 3.63) is 36.2 Å². The first-order valence-corrected chi connectivity index (χ1v) is 9.12. The molecule has 0 bridgehead atoms. The van der Waals surface area contributed by atoms with Crippen molar-refractivity contribution >= 4 is 17.6 Å². The van der Waals surface area contributed by atoms with Crippen LogP contribution in [-0.4, -0.2) is 47.7 Å². The van der Waals surface area contributed by atoms with Crippen LogP contribution in [0.15, 0.2) is 30.5 Å². The molecule has 0 unspecified atom stereocenters. The Hall–Kier alpha value is -2.37. The summed E-state index contributed by atoms with van der Waals surface area (Å²) in [7, 11) is 0. The van der Waals surface area contributed by atoms with Crippen LogP contribution in [0.3, 0.4) is 0 Å². The van der Waals surface area contributed by atoms with E-state index in [2.05, 4.69) is 45.0 Å². The molecule has 1 aliphatic rings. The fourth-order valence-corrected chi connectivity index (χ4v) is 2.95. The summed E-state index contributed by atoms with van der Waals surface area (Å²) in [5.41, 5.74) is 1.00. The minimum absolute atomic E-state index is 0.689. The van der Waals surface area contributed by atoms with Gasteiger partial charge in [-0.05, 0) is 31.4 Å². The average Bonchev–Trinajstić information content (AvgIpc) is 2.62. The van der Waals surface area contributed by atoms with E-state index >= 15 is 0 Å². The highest BCUT2D eigenvalue weighted by Crippen LogP contribution is 2.18. The molecule has 2 aromatic heterocycles. The van der Waals surface area contributed by atoms with Crippen LogP contribution in [0.1, 0.15) is 26.0 Å². The van der Waals surface area contributed by atoms with E-state index < -0.39 is 0 Å². The number of pyridine rings is 1. The number of hydrogen-bond acceptors (Lipinski definition) is 6. The lowest BCUT2D eigenvalue weighted by atomic mass is 10.1. The van der Waals surface area contributed by atoms with Crippen molar-refractivity contribution in [2.24, 2.45) is 5.92 Å². The Bertz CT molecular complexity index is 665. The fourth-order valence-electron chi connectivity index (χ4n) is 2.95. The van der Waals surface area contributed by atoms with Gasteiger partial charge >= 0.3 is 0 Å². The molecule has 25 heavy (non-hydrogen) atoms. The highest BCUT2D eigenvalue weighted by Gasteiger charge is 2.20. The molecule has 0 saturated carbocycles. The summed E-state index contributed by atoms with van der Waals surface area (Å²) >= 11 is 0. The van der Waals surface area contributed by atoms with Crippen LogP contribution in [0.25, 0.3) is 0 Å². The zero-order valence-corrected chi connectivity index (χ0v) is 15.4. The topological polar surface area (TPSA) is 57.2 Å². The van der Waals surface area contributed by atoms with E-state index in [0.29, 0.717) is 5.92 Å². The lowest BCUT2D eigenvalue weighted by Crippen LogP contribution is -2.47. The highest BCUT2D eigenvalue weighted by molar-refractivity contribution is 5.46. The number of aryl methyl sites for hydroxylation is 1. The molecular formula is C19H28N6. The van der Waals surface area contributed by atoms with Crippen LogP contribution in [0.2, 0.25) is 0 Å². The van der Waals surface area contributed by atoms with E-state index in [9.17, 15) is 0 Å². The van der Waals surface area contributed by atoms with Gasteiger partial charge in [0.2, 0.25) is 5.95 Å². The second-order valence-corrected chi connectivity index (χ2v) is 6.97. The van der Waals surface area contributed by atoms with Gasteiger partial charge in [0.15, 0.2) is 0 Å². The van der Waals surface area contributed by atoms with E-state index in [1.807, 2.05) is 31.3 Å². The van der Waals surface area contributed by atoms with Gasteiger partial charge in [-0.2, -0.15) is 4.98 Å². The van der Waals surface area contributed by atoms with Gasteiger partial charge < -0.3 is 15.1 Å². The lowest BCUT2D eigenvalue weighted by molar-refractivity contribution is 0.606. The molecule has 1 saturated heterocycles. The maximum Gasteiger partial charge on any atom is 0.227 e. The quantitative estimate of drug-likeness (QED) is 0.872. The molecule has 6 nitrogen and oxygen atoms in total. The summed E-state index contributed by atoms with van der Waals surface area (Å²) < 4.78 is 0. The Balaban J connectivity index is 1.61. The van der Waals surface area contributed by atoms with Crippen molar-refractivity contribution in [1.29, 1.82) is 0 Å². The normalized spacial score (nSPS) is 14.9. The third-order valence-corrected chi connectivity index (χ3v) is 4.41. The number of piperazine rings is 1. The number of rotatable bonds is 6. The van der Waals surface area contributed by atoms with Crippen molar-refractivity contribution < 1.29 is 0 Å². The Morgan fingerprint density at radius 3 is 2.52 bits per heavy atom. The molecule has 0 radical (unpaired) electrons. The third kappa shape index (κ3) is 4.81. The first kappa shape index (κ1) is 17.5. The van der Waals surface area contributed by atoms with Gasteiger partial charge in [0.05, 0.1) is 0 Å². The maximum atomic E-state index is 4.72. The van der Waals surface area contributed by atoms with Crippen molar-refractivity contribution in [2.45, 2.75) is 27.2 Å². The second-order valence-electron chi connectivity index (χ2n) is 6.97. The second kappa shape index (κ2) is 8.14. The van der Waals surface area contributed by atoms with Gasteiger partial charge in [0.1, 0.15) is 11.6 Å². The van der Waals surface area contributed by atoms with Gasteiger partial charge in [-0.1, -0.05) is 19.9 Å². The van der Waals surface area contributed by atoms with Gasteiger partial charge in [0.25, 0.3) is 0 Å². The zero-order chi connectivity index (χ0) is 17.6. The third-order valence-electron chi connectivity index (χ3n) is 4.41. The van der Waals surface area contributed by atoms with Crippen molar-refractivity contribution in [3.8, 4) is 0 Å². The molecule has 1 aliphatic heterocycles. The molecule has 3 heterocycles. The molecule has 0 atom stereocenters. The van der Waals surface area contributed by atoms with Crippen LogP contribution < -0.4 is 15.1 Å². The number of aromatic nitrogens is 3. The van der Waals surface area contributed by atoms with Crippen molar-refractivity contribution in [3.63, 3.8) is 0 Å². The molecule has 6 heteroatoms. The fraction of sp³-hybridized carbons (Fsp3) is 0.526. The molecule has 2 aromatic rings. The summed E-state index contributed by atoms with van der Waals surface area (Å²) in [5.74, 6) is 3.49. The maximum absolute atomic E-state index is 4.72. The van der Waals surface area contributed by atoms with E-state index in [4.69, 9.17) is 4.98 Å². The molecule has 134 valence electrons. The molecule has 1 fully saturated rings. The van der Waals surface area contributed by atoms with Gasteiger partial charge in [-0.3, -0.25) is 0 Å². The monoisotopic (exact) mass is 340 g/mol. The van der Waals surface area contributed by atoms with Crippen LogP contribution in [-0.2, 0) is 0 Å². The van der Waals surface area contributed by atoms with E-state index in [-0.39, 0.29) is 0 Å². The average molecular weight is 340 g/mol. The molecule has 0 aromatic carbocycles. The number of anilines is 3. The van der Waals surface area contributed by atoms with Crippen LogP contribution >= 0.6 is 0 Å². The summed E-state index contributed by atoms with van der Waals surface area (Å²) in [4.78, 5) is 18.4. The van der Waals surface area contributed by atoms with E-state index in [0.717, 1.165) is 62.4 Å². The van der Waals surface area contributed by atoms with E-state index in [1.54, 1.807) is 0 Å². The highest BCUT2D eigenvalue weighted by atomic mass is 15.3. The molecule has 3 rings (SSSR count). The molecular weight excluding hydrogens is 312 g/mol. The Morgan fingerprint density at radius 2 is 1.84 bits per heavy atom. The van der Waals surface area contributed by atoms with E-state index in [1.165, 1.54) is 0 Å². The first-order valence-electron chi connectivity index (χ1n) is 9.12. The number of nitrogens with zero attached hydrogens (tertiary/aromatic N) is 5. The Labute approximate surface area is 150 Å². The predicted molar refractivity (Wildman–Crippen MR) is 103 cm³/mol. The molecule has 0 amide bonds. The summed E-state index contributed by atoms with van der Waals surface area (Å²) in [6.45, 7) is 11.1. The molecule has 1 N–H and O–H groups in total. The Morgan fingerprint density at radius 1 is 1.08 bits per heavy atom. The minimum Gasteiger partial charge on any atom is -0.370 e. The summed E-state index contributed by atoms with van der Waals surface area (Å²) in [6, 6.07) is 8.07. The standard InChI is InChI=1S/C19H28N6/c1-15(2)7-9-20-17-14-16(3)22-19(23-17)25-12-10-24(11-13-25)18-6-4-5-8-21-18/h4-6,8,14-15H,7,9-13H2,1-3H3,(H,20,22,23). The zero-order valence-electron chi connectivity index (χ0n) is 15.4. The Kier molecular flexibility index (Phi) is 5.68. The largest absolute Gasteiger partial charge is 0.370 e. The smallest absolute Gasteiger partial charge is 0.227 e. The van der Waals surface area contributed by atoms with Gasteiger partial charge in [-0.25, -0.2) is 9.97 Å². The van der Waals surface area contributed by atoms with Crippen molar-refractivity contribution in [1.82, 2.24) is 15.0 Å². The first-order chi connectivity index (χ1) is 12.1. The minimum atomic E-state index is 0.689.